The zero-order valence-corrected chi connectivity index (χ0v) is 16.0. The number of hydrogen-bond donors (Lipinski definition) is 1. The number of ether oxygens (including phenoxy) is 1. The van der Waals surface area contributed by atoms with Gasteiger partial charge < -0.3 is 14.1 Å². The van der Waals surface area contributed by atoms with E-state index in [1.54, 1.807) is 10.4 Å². The van der Waals surface area contributed by atoms with E-state index in [0.29, 0.717) is 37.8 Å². The fraction of sp³-hybridized carbons (Fsp3) is 0.588. The maximum atomic E-state index is 13.3. The molecule has 4 heterocycles. The van der Waals surface area contributed by atoms with Crippen LogP contribution in [0.2, 0.25) is 0 Å². The Morgan fingerprint density at radius 2 is 2.00 bits per heavy atom. The lowest BCUT2D eigenvalue weighted by atomic mass is 10.1. The summed E-state index contributed by atoms with van der Waals surface area (Å²) in [5.41, 5.74) is 2.52. The van der Waals surface area contributed by atoms with Gasteiger partial charge in [0, 0.05) is 36.8 Å². The van der Waals surface area contributed by atoms with Gasteiger partial charge in [-0.15, -0.1) is 0 Å². The summed E-state index contributed by atoms with van der Waals surface area (Å²) in [5.74, 6) is 0.615. The molecular formula is C17H24N4O4S. The van der Waals surface area contributed by atoms with E-state index in [-0.39, 0.29) is 17.1 Å². The Morgan fingerprint density at radius 3 is 2.73 bits per heavy atom. The van der Waals surface area contributed by atoms with Gasteiger partial charge in [0.15, 0.2) is 5.76 Å². The number of aromatic nitrogens is 2. The average molecular weight is 380 g/mol. The van der Waals surface area contributed by atoms with Crippen molar-refractivity contribution < 1.29 is 17.6 Å². The summed E-state index contributed by atoms with van der Waals surface area (Å²) in [6.45, 7) is 6.77. The number of sulfonamides is 1. The van der Waals surface area contributed by atoms with Gasteiger partial charge in [-0.25, -0.2) is 8.42 Å². The van der Waals surface area contributed by atoms with Gasteiger partial charge in [-0.1, -0.05) is 0 Å². The standard InChI is InChI=1S/C17H24N4O4S/c1-11-12(2)18-19-17(11)15-4-5-16(25-15)26(22,23)21-7-13-6-20(3)8-14(21)10-24-9-13/h4-5,13-14H,6-10H2,1-3H3,(H,18,19)/t13-,14-/m0/s1. The van der Waals surface area contributed by atoms with Crippen molar-refractivity contribution in [1.29, 1.82) is 0 Å². The molecule has 2 fully saturated rings. The molecular weight excluding hydrogens is 356 g/mol. The number of rotatable bonds is 3. The highest BCUT2D eigenvalue weighted by molar-refractivity contribution is 7.89. The van der Waals surface area contributed by atoms with Crippen molar-refractivity contribution in [3.8, 4) is 11.5 Å². The summed E-state index contributed by atoms with van der Waals surface area (Å²) in [5, 5.41) is 7.08. The molecule has 0 amide bonds. The molecule has 4 rings (SSSR count). The topological polar surface area (TPSA) is 91.7 Å². The molecule has 9 heteroatoms. The maximum absolute atomic E-state index is 13.3. The van der Waals surface area contributed by atoms with Gasteiger partial charge in [0.05, 0.1) is 19.3 Å². The fourth-order valence-electron chi connectivity index (χ4n) is 3.76. The van der Waals surface area contributed by atoms with Crippen LogP contribution in [0.3, 0.4) is 0 Å². The Balaban J connectivity index is 1.68. The van der Waals surface area contributed by atoms with Crippen LogP contribution in [0.1, 0.15) is 11.3 Å². The second-order valence-electron chi connectivity index (χ2n) is 7.29. The SMILES string of the molecule is Cc1[nH]nc(-c2ccc(S(=O)(=O)N3C[C@H]4COC[C@@H]3CN(C)C4)o2)c1C. The molecule has 2 aromatic rings. The third-order valence-corrected chi connectivity index (χ3v) is 7.02. The molecule has 2 aliphatic heterocycles. The van der Waals surface area contributed by atoms with E-state index in [1.807, 2.05) is 20.9 Å². The molecule has 26 heavy (non-hydrogen) atoms. The molecule has 8 nitrogen and oxygen atoms in total. The predicted molar refractivity (Wildman–Crippen MR) is 95.2 cm³/mol. The van der Waals surface area contributed by atoms with Crippen LogP contribution < -0.4 is 0 Å². The lowest BCUT2D eigenvalue weighted by molar-refractivity contribution is 0.0658. The summed E-state index contributed by atoms with van der Waals surface area (Å²) < 4.78 is 39.5. The Hall–Kier alpha value is -1.68. The van der Waals surface area contributed by atoms with Crippen LogP contribution >= 0.6 is 0 Å². The lowest BCUT2D eigenvalue weighted by Gasteiger charge is -2.28. The van der Waals surface area contributed by atoms with Crippen molar-refractivity contribution in [1.82, 2.24) is 19.4 Å². The second kappa shape index (κ2) is 6.49. The Bertz CT molecular complexity index is 904. The number of aryl methyl sites for hydroxylation is 1. The van der Waals surface area contributed by atoms with E-state index < -0.39 is 10.0 Å². The average Bonchev–Trinajstić information content (AvgIpc) is 3.07. The number of nitrogens with one attached hydrogen (secondary N) is 1. The third-order valence-electron chi connectivity index (χ3n) is 5.23. The molecule has 2 aromatic heterocycles. The number of H-pyrrole nitrogens is 1. The largest absolute Gasteiger partial charge is 0.442 e. The first-order chi connectivity index (χ1) is 12.4. The van der Waals surface area contributed by atoms with Crippen LogP contribution in [0.15, 0.2) is 21.6 Å². The van der Waals surface area contributed by atoms with E-state index >= 15 is 0 Å². The maximum Gasteiger partial charge on any atom is 0.276 e. The number of fused-ring (bicyclic) bond motifs is 3. The Morgan fingerprint density at radius 1 is 1.19 bits per heavy atom. The van der Waals surface area contributed by atoms with Gasteiger partial charge in [0.1, 0.15) is 5.69 Å². The highest BCUT2D eigenvalue weighted by Crippen LogP contribution is 2.31. The van der Waals surface area contributed by atoms with Crippen molar-refractivity contribution in [2.45, 2.75) is 25.0 Å². The molecule has 0 unspecified atom stereocenters. The van der Waals surface area contributed by atoms with Crippen molar-refractivity contribution in [2.75, 3.05) is 39.9 Å². The molecule has 1 N–H and O–H groups in total. The van der Waals surface area contributed by atoms with Crippen molar-refractivity contribution >= 4 is 10.0 Å². The van der Waals surface area contributed by atoms with Gasteiger partial charge in [-0.05, 0) is 33.0 Å². The molecule has 0 saturated carbocycles. The first-order valence-electron chi connectivity index (χ1n) is 8.76. The molecule has 0 radical (unpaired) electrons. The molecule has 0 aromatic carbocycles. The normalized spacial score (nSPS) is 25.3. The minimum Gasteiger partial charge on any atom is -0.442 e. The van der Waals surface area contributed by atoms with Crippen molar-refractivity contribution in [2.24, 2.45) is 5.92 Å². The zero-order valence-electron chi connectivity index (χ0n) is 15.2. The van der Waals surface area contributed by atoms with Crippen LogP contribution in [0, 0.1) is 19.8 Å². The van der Waals surface area contributed by atoms with Crippen molar-refractivity contribution in [3.63, 3.8) is 0 Å². The van der Waals surface area contributed by atoms with Crippen LogP contribution in [-0.4, -0.2) is 73.8 Å². The molecule has 0 spiro atoms. The highest BCUT2D eigenvalue weighted by Gasteiger charge is 2.40. The predicted octanol–water partition coefficient (Wildman–Crippen LogP) is 1.24. The minimum atomic E-state index is -3.73. The van der Waals surface area contributed by atoms with Crippen LogP contribution in [0.5, 0.6) is 0 Å². The molecule has 0 aliphatic carbocycles. The third kappa shape index (κ3) is 2.98. The Kier molecular flexibility index (Phi) is 4.42. The first kappa shape index (κ1) is 17.7. The summed E-state index contributed by atoms with van der Waals surface area (Å²) in [4.78, 5) is 2.18. The molecule has 2 saturated heterocycles. The van der Waals surface area contributed by atoms with Crippen molar-refractivity contribution in [3.05, 3.63) is 23.4 Å². The first-order valence-corrected chi connectivity index (χ1v) is 10.2. The van der Waals surface area contributed by atoms with E-state index in [0.717, 1.165) is 17.8 Å². The van der Waals surface area contributed by atoms with Gasteiger partial charge in [0.25, 0.3) is 10.0 Å². The van der Waals surface area contributed by atoms with E-state index in [9.17, 15) is 8.42 Å². The van der Waals surface area contributed by atoms with Crippen LogP contribution in [0.4, 0.5) is 0 Å². The lowest BCUT2D eigenvalue weighted by Crippen LogP contribution is -2.45. The van der Waals surface area contributed by atoms with Gasteiger partial charge in [-0.3, -0.25) is 5.10 Å². The molecule has 2 bridgehead atoms. The smallest absolute Gasteiger partial charge is 0.276 e. The van der Waals surface area contributed by atoms with E-state index in [1.165, 1.54) is 6.07 Å². The summed E-state index contributed by atoms with van der Waals surface area (Å²) in [6.07, 6.45) is 0. The summed E-state index contributed by atoms with van der Waals surface area (Å²) in [6, 6.07) is 2.98. The van der Waals surface area contributed by atoms with Gasteiger partial charge >= 0.3 is 0 Å². The highest BCUT2D eigenvalue weighted by atomic mass is 32.2. The summed E-state index contributed by atoms with van der Waals surface area (Å²) in [7, 11) is -1.71. The number of likely N-dealkylation sites (N-methyl/N-ethyl adjacent to an activating group) is 1. The molecule has 2 atom stereocenters. The number of furan rings is 1. The quantitative estimate of drug-likeness (QED) is 0.861. The number of aromatic amines is 1. The minimum absolute atomic E-state index is 0.0391. The zero-order chi connectivity index (χ0) is 18.5. The summed E-state index contributed by atoms with van der Waals surface area (Å²) >= 11 is 0. The molecule has 142 valence electrons. The Labute approximate surface area is 153 Å². The number of hydrogen-bond acceptors (Lipinski definition) is 6. The second-order valence-corrected chi connectivity index (χ2v) is 9.12. The molecule has 2 aliphatic rings. The number of nitrogens with zero attached hydrogens (tertiary/aromatic N) is 3. The monoisotopic (exact) mass is 380 g/mol. The van der Waals surface area contributed by atoms with Gasteiger partial charge in [0.2, 0.25) is 5.09 Å². The van der Waals surface area contributed by atoms with E-state index in [2.05, 4.69) is 15.1 Å². The van der Waals surface area contributed by atoms with Gasteiger partial charge in [-0.2, -0.15) is 9.40 Å². The van der Waals surface area contributed by atoms with Crippen LogP contribution in [-0.2, 0) is 14.8 Å². The van der Waals surface area contributed by atoms with Crippen LogP contribution in [0.25, 0.3) is 11.5 Å². The fourth-order valence-corrected chi connectivity index (χ4v) is 5.35. The van der Waals surface area contributed by atoms with E-state index in [4.69, 9.17) is 9.15 Å².